The molecule has 8 heteroatoms. The van der Waals surface area contributed by atoms with E-state index in [1.807, 2.05) is 12.3 Å². The minimum Gasteiger partial charge on any atom is -0.393 e. The minimum absolute atomic E-state index is 0.0565. The van der Waals surface area contributed by atoms with Gasteiger partial charge in [-0.2, -0.15) is 4.98 Å². The first-order valence-corrected chi connectivity index (χ1v) is 10.4. The van der Waals surface area contributed by atoms with Crippen LogP contribution < -0.4 is 16.4 Å². The predicted molar refractivity (Wildman–Crippen MR) is 111 cm³/mol. The van der Waals surface area contributed by atoms with E-state index < -0.39 is 5.91 Å². The Kier molecular flexibility index (Phi) is 5.89. The van der Waals surface area contributed by atoms with Crippen molar-refractivity contribution in [2.24, 2.45) is 5.73 Å². The predicted octanol–water partition coefficient (Wildman–Crippen LogP) is 2.05. The number of aliphatic hydroxyl groups is 1. The summed E-state index contributed by atoms with van der Waals surface area (Å²) in [7, 11) is 0. The van der Waals surface area contributed by atoms with Gasteiger partial charge in [-0.1, -0.05) is 18.9 Å². The molecule has 2 heterocycles. The molecule has 1 unspecified atom stereocenters. The fourth-order valence-electron chi connectivity index (χ4n) is 4.27. The fraction of sp³-hybridized carbons (Fsp3) is 0.524. The van der Waals surface area contributed by atoms with Gasteiger partial charge in [-0.3, -0.25) is 9.78 Å². The summed E-state index contributed by atoms with van der Waals surface area (Å²) in [4.78, 5) is 25.2. The molecule has 0 spiro atoms. The highest BCUT2D eigenvalue weighted by atomic mass is 16.3. The van der Waals surface area contributed by atoms with Crippen LogP contribution in [0, 0.1) is 0 Å². The molecule has 2 aromatic heterocycles. The van der Waals surface area contributed by atoms with Gasteiger partial charge in [0, 0.05) is 30.2 Å². The molecule has 0 bridgehead atoms. The Balaban J connectivity index is 1.50. The van der Waals surface area contributed by atoms with Gasteiger partial charge in [0.15, 0.2) is 0 Å². The maximum absolute atomic E-state index is 11.9. The van der Waals surface area contributed by atoms with Gasteiger partial charge >= 0.3 is 0 Å². The van der Waals surface area contributed by atoms with Crippen molar-refractivity contribution in [1.82, 2.24) is 15.0 Å². The number of carbonyl (C=O) groups excluding carboxylic acids is 1. The lowest BCUT2D eigenvalue weighted by atomic mass is 9.92. The molecular weight excluding hydrogens is 368 g/mol. The number of anilines is 2. The number of nitrogens with one attached hydrogen (secondary N) is 2. The van der Waals surface area contributed by atoms with Crippen LogP contribution in [-0.4, -0.2) is 44.2 Å². The quantitative estimate of drug-likeness (QED) is 0.570. The van der Waals surface area contributed by atoms with Gasteiger partial charge in [0.2, 0.25) is 5.95 Å². The third-order valence-electron chi connectivity index (χ3n) is 5.81. The Morgan fingerprint density at radius 3 is 2.86 bits per heavy atom. The van der Waals surface area contributed by atoms with Crippen molar-refractivity contribution in [1.29, 1.82) is 0 Å². The zero-order chi connectivity index (χ0) is 20.2. The molecule has 0 saturated heterocycles. The Morgan fingerprint density at radius 2 is 2.00 bits per heavy atom. The van der Waals surface area contributed by atoms with Crippen LogP contribution in [0.4, 0.5) is 11.8 Å². The van der Waals surface area contributed by atoms with Crippen LogP contribution >= 0.6 is 0 Å². The van der Waals surface area contributed by atoms with Crippen LogP contribution in [0.5, 0.6) is 0 Å². The number of pyridine rings is 1. The second-order valence-electron chi connectivity index (χ2n) is 8.03. The maximum atomic E-state index is 11.9. The normalized spacial score (nSPS) is 24.2. The van der Waals surface area contributed by atoms with Crippen molar-refractivity contribution < 1.29 is 9.90 Å². The number of nitrogens with two attached hydrogens (primary N) is 1. The smallest absolute Gasteiger partial charge is 0.254 e. The van der Waals surface area contributed by atoms with Gasteiger partial charge in [0.05, 0.1) is 11.7 Å². The molecule has 3 atom stereocenters. The first-order valence-electron chi connectivity index (χ1n) is 10.4. The van der Waals surface area contributed by atoms with E-state index in [1.165, 1.54) is 11.8 Å². The number of rotatable bonds is 5. The molecule has 1 fully saturated rings. The van der Waals surface area contributed by atoms with E-state index in [4.69, 9.17) is 5.73 Å². The lowest BCUT2D eigenvalue weighted by Gasteiger charge is -2.25. The Hall–Kier alpha value is -2.74. The zero-order valence-corrected chi connectivity index (χ0v) is 16.5. The molecule has 29 heavy (non-hydrogen) atoms. The van der Waals surface area contributed by atoms with Gasteiger partial charge in [0.25, 0.3) is 5.91 Å². The monoisotopic (exact) mass is 396 g/mol. The van der Waals surface area contributed by atoms with E-state index in [0.29, 0.717) is 18.2 Å². The van der Waals surface area contributed by atoms with Gasteiger partial charge < -0.3 is 21.5 Å². The molecule has 2 aliphatic rings. The van der Waals surface area contributed by atoms with Crippen LogP contribution in [0.2, 0.25) is 0 Å². The highest BCUT2D eigenvalue weighted by Crippen LogP contribution is 2.25. The zero-order valence-electron chi connectivity index (χ0n) is 16.5. The molecule has 8 nitrogen and oxygen atoms in total. The van der Waals surface area contributed by atoms with Gasteiger partial charge in [0.1, 0.15) is 5.82 Å². The molecule has 1 amide bonds. The fourth-order valence-corrected chi connectivity index (χ4v) is 4.27. The number of hydrogen-bond donors (Lipinski definition) is 4. The number of hydrogen-bond acceptors (Lipinski definition) is 7. The van der Waals surface area contributed by atoms with Crippen LogP contribution in [0.1, 0.15) is 60.1 Å². The molecule has 0 aromatic carbocycles. The van der Waals surface area contributed by atoms with E-state index in [0.717, 1.165) is 50.6 Å². The Bertz CT molecular complexity index is 874. The second kappa shape index (κ2) is 8.73. The average molecular weight is 396 g/mol. The summed E-state index contributed by atoms with van der Waals surface area (Å²) in [6.07, 6.45) is 10.1. The first kappa shape index (κ1) is 19.6. The van der Waals surface area contributed by atoms with E-state index in [2.05, 4.69) is 31.7 Å². The van der Waals surface area contributed by atoms with Crippen LogP contribution in [0.3, 0.4) is 0 Å². The molecular formula is C21H28N6O2. The summed E-state index contributed by atoms with van der Waals surface area (Å²) in [6.45, 7) is 0. The van der Waals surface area contributed by atoms with E-state index >= 15 is 0 Å². The van der Waals surface area contributed by atoms with E-state index in [9.17, 15) is 9.90 Å². The number of aliphatic hydroxyl groups excluding tert-OH is 1. The maximum Gasteiger partial charge on any atom is 0.254 e. The molecule has 2 aromatic rings. The third kappa shape index (κ3) is 4.82. The third-order valence-corrected chi connectivity index (χ3v) is 5.81. The number of aryl methyl sites for hydroxylation is 1. The number of nitrogens with zero attached hydrogens (tertiary/aromatic N) is 3. The largest absolute Gasteiger partial charge is 0.393 e. The number of aromatic nitrogens is 3. The average Bonchev–Trinajstić information content (AvgIpc) is 2.91. The van der Waals surface area contributed by atoms with Crippen LogP contribution in [-0.2, 0) is 12.8 Å². The van der Waals surface area contributed by atoms with E-state index in [1.54, 1.807) is 0 Å². The lowest BCUT2D eigenvalue weighted by molar-refractivity contribution is 0.100. The Morgan fingerprint density at radius 1 is 1.14 bits per heavy atom. The van der Waals surface area contributed by atoms with Crippen molar-refractivity contribution in [2.45, 2.75) is 69.6 Å². The summed E-state index contributed by atoms with van der Waals surface area (Å²) in [5.41, 5.74) is 8.20. The van der Waals surface area contributed by atoms with Crippen molar-refractivity contribution in [3.05, 3.63) is 41.3 Å². The molecule has 5 N–H and O–H groups in total. The summed E-state index contributed by atoms with van der Waals surface area (Å²) < 4.78 is 0. The molecule has 4 rings (SSSR count). The topological polar surface area (TPSA) is 126 Å². The number of amides is 1. The molecule has 0 radical (unpaired) electrons. The molecule has 2 aliphatic carbocycles. The van der Waals surface area contributed by atoms with Gasteiger partial charge in [-0.05, 0) is 50.2 Å². The number of carbonyl (C=O) groups is 1. The molecule has 1 saturated carbocycles. The Labute approximate surface area is 170 Å². The highest BCUT2D eigenvalue weighted by Gasteiger charge is 2.23. The summed E-state index contributed by atoms with van der Waals surface area (Å²) in [6, 6.07) is 4.33. The summed E-state index contributed by atoms with van der Waals surface area (Å²) >= 11 is 0. The van der Waals surface area contributed by atoms with Crippen molar-refractivity contribution in [3.8, 4) is 0 Å². The SMILES string of the molecule is NC(=O)c1cnc(NC2CCc3ncccc3C2)nc1N[C@@H]1CCCC[C@H](O)C1. The number of primary amides is 1. The minimum atomic E-state index is -0.564. The summed E-state index contributed by atoms with van der Waals surface area (Å²) in [5.74, 6) is 0.349. The van der Waals surface area contributed by atoms with Crippen molar-refractivity contribution in [2.75, 3.05) is 10.6 Å². The number of fused-ring (bicyclic) bond motifs is 1. The second-order valence-corrected chi connectivity index (χ2v) is 8.03. The first-order chi connectivity index (χ1) is 14.1. The van der Waals surface area contributed by atoms with Crippen molar-refractivity contribution >= 4 is 17.7 Å². The van der Waals surface area contributed by atoms with Gasteiger partial charge in [-0.15, -0.1) is 0 Å². The molecule has 0 aliphatic heterocycles. The standard InChI is InChI=1S/C21H28N6O2/c22-19(29)17-12-24-21(26-15-7-8-18-13(10-15)4-3-9-23-18)27-20(17)25-14-5-1-2-6-16(28)11-14/h3-4,9,12,14-16,28H,1-2,5-8,10-11H2,(H2,22,29)(H2,24,25,26,27)/t14-,15?,16+/m1/s1. The van der Waals surface area contributed by atoms with Gasteiger partial charge in [-0.25, -0.2) is 4.98 Å². The highest BCUT2D eigenvalue weighted by molar-refractivity contribution is 5.97. The lowest BCUT2D eigenvalue weighted by Crippen LogP contribution is -2.30. The van der Waals surface area contributed by atoms with E-state index in [-0.39, 0.29) is 23.8 Å². The van der Waals surface area contributed by atoms with Crippen LogP contribution in [0.25, 0.3) is 0 Å². The summed E-state index contributed by atoms with van der Waals surface area (Å²) in [5, 5.41) is 16.8. The van der Waals surface area contributed by atoms with Crippen LogP contribution in [0.15, 0.2) is 24.5 Å². The van der Waals surface area contributed by atoms with Crippen molar-refractivity contribution in [3.63, 3.8) is 0 Å². The molecule has 154 valence electrons.